The van der Waals surface area contributed by atoms with Crippen LogP contribution in [0.2, 0.25) is 0 Å². The number of hydrogen-bond acceptors (Lipinski definition) is 3. The van der Waals surface area contributed by atoms with Gasteiger partial charge in [-0.05, 0) is 51.0 Å². The van der Waals surface area contributed by atoms with Crippen molar-refractivity contribution in [2.75, 3.05) is 26.2 Å². The first-order chi connectivity index (χ1) is 8.88. The molecule has 0 unspecified atom stereocenters. The second-order valence-corrected chi connectivity index (χ2v) is 5.13. The van der Waals surface area contributed by atoms with Crippen LogP contribution in [0.5, 0.6) is 0 Å². The third-order valence-electron chi connectivity index (χ3n) is 3.65. The number of nitrogens with one attached hydrogen (secondary N) is 1. The number of hydrogen-bond donors (Lipinski definition) is 2. The van der Waals surface area contributed by atoms with Crippen molar-refractivity contribution in [3.8, 4) is 0 Å². The van der Waals surface area contributed by atoms with Gasteiger partial charge >= 0.3 is 0 Å². The molecule has 18 heavy (non-hydrogen) atoms. The summed E-state index contributed by atoms with van der Waals surface area (Å²) in [5.41, 5.74) is 6.93. The Balaban J connectivity index is 1.67. The van der Waals surface area contributed by atoms with E-state index in [1.54, 1.807) is 0 Å². The molecule has 3 N–H and O–H groups in total. The van der Waals surface area contributed by atoms with Crippen molar-refractivity contribution in [2.24, 2.45) is 5.73 Å². The Bertz CT molecular complexity index is 318. The molecule has 3 nitrogen and oxygen atoms in total. The lowest BCUT2D eigenvalue weighted by atomic mass is 10.0. The van der Waals surface area contributed by atoms with Crippen LogP contribution in [0, 0.1) is 0 Å². The lowest BCUT2D eigenvalue weighted by molar-refractivity contribution is 0.191. The summed E-state index contributed by atoms with van der Waals surface area (Å²) in [5, 5.41) is 3.60. The fraction of sp³-hybridized carbons (Fsp3) is 0.600. The summed E-state index contributed by atoms with van der Waals surface area (Å²) in [6.45, 7) is 5.36. The van der Waals surface area contributed by atoms with Crippen LogP contribution in [0.15, 0.2) is 30.3 Å². The van der Waals surface area contributed by atoms with E-state index >= 15 is 0 Å². The minimum Gasteiger partial charge on any atom is -0.330 e. The molecule has 1 aromatic rings. The van der Waals surface area contributed by atoms with Gasteiger partial charge in [-0.3, -0.25) is 4.90 Å². The van der Waals surface area contributed by atoms with Crippen molar-refractivity contribution in [3.63, 3.8) is 0 Å². The summed E-state index contributed by atoms with van der Waals surface area (Å²) in [5.74, 6) is 0. The predicted octanol–water partition coefficient (Wildman–Crippen LogP) is 1.59. The van der Waals surface area contributed by atoms with Gasteiger partial charge in [0.05, 0.1) is 0 Å². The van der Waals surface area contributed by atoms with Crippen LogP contribution in [0.1, 0.15) is 24.8 Å². The Labute approximate surface area is 110 Å². The number of piperidine rings is 1. The van der Waals surface area contributed by atoms with Crippen molar-refractivity contribution in [1.29, 1.82) is 0 Å². The van der Waals surface area contributed by atoms with Crippen molar-refractivity contribution in [3.05, 3.63) is 35.9 Å². The van der Waals surface area contributed by atoms with E-state index in [2.05, 4.69) is 40.5 Å². The monoisotopic (exact) mass is 247 g/mol. The molecule has 0 saturated carbocycles. The molecular weight excluding hydrogens is 222 g/mol. The fourth-order valence-electron chi connectivity index (χ4n) is 2.55. The summed E-state index contributed by atoms with van der Waals surface area (Å²) < 4.78 is 0. The second kappa shape index (κ2) is 7.52. The highest BCUT2D eigenvalue weighted by atomic mass is 15.1. The molecule has 0 bridgehead atoms. The molecule has 1 heterocycles. The number of nitrogens with zero attached hydrogens (tertiary/aromatic N) is 1. The minimum absolute atomic E-state index is 0.698. The molecule has 1 aliphatic heterocycles. The van der Waals surface area contributed by atoms with Crippen molar-refractivity contribution in [1.82, 2.24) is 10.2 Å². The number of rotatable bonds is 6. The van der Waals surface area contributed by atoms with E-state index < -0.39 is 0 Å². The molecule has 3 heteroatoms. The highest BCUT2D eigenvalue weighted by Crippen LogP contribution is 2.13. The highest BCUT2D eigenvalue weighted by Gasteiger charge is 2.18. The largest absolute Gasteiger partial charge is 0.330 e. The van der Waals surface area contributed by atoms with Crippen molar-refractivity contribution >= 4 is 0 Å². The van der Waals surface area contributed by atoms with E-state index in [0.29, 0.717) is 6.04 Å². The standard InChI is InChI=1S/C15H25N3/c16-9-4-10-17-15-7-11-18(12-8-15)13-14-5-2-1-3-6-14/h1-3,5-6,15,17H,4,7-13,16H2. The van der Waals surface area contributed by atoms with Gasteiger partial charge in [0.15, 0.2) is 0 Å². The molecule has 0 amide bonds. The Hall–Kier alpha value is -0.900. The average Bonchev–Trinajstić information content (AvgIpc) is 2.42. The summed E-state index contributed by atoms with van der Waals surface area (Å²) in [7, 11) is 0. The van der Waals surface area contributed by atoms with Gasteiger partial charge in [-0.25, -0.2) is 0 Å². The smallest absolute Gasteiger partial charge is 0.0233 e. The molecule has 0 aliphatic carbocycles. The zero-order valence-corrected chi connectivity index (χ0v) is 11.1. The van der Waals surface area contributed by atoms with Gasteiger partial charge in [-0.15, -0.1) is 0 Å². The van der Waals surface area contributed by atoms with Gasteiger partial charge in [0.25, 0.3) is 0 Å². The lowest BCUT2D eigenvalue weighted by Gasteiger charge is -2.32. The van der Waals surface area contributed by atoms with E-state index in [0.717, 1.165) is 26.1 Å². The molecule has 0 atom stereocenters. The fourth-order valence-corrected chi connectivity index (χ4v) is 2.55. The molecule has 0 radical (unpaired) electrons. The zero-order valence-electron chi connectivity index (χ0n) is 11.1. The zero-order chi connectivity index (χ0) is 12.6. The molecule has 0 aromatic heterocycles. The maximum Gasteiger partial charge on any atom is 0.0233 e. The van der Waals surface area contributed by atoms with E-state index in [1.807, 2.05) is 0 Å². The van der Waals surface area contributed by atoms with Gasteiger partial charge in [0.2, 0.25) is 0 Å². The number of nitrogens with two attached hydrogens (primary N) is 1. The van der Waals surface area contributed by atoms with Crippen LogP contribution in [-0.2, 0) is 6.54 Å². The molecule has 100 valence electrons. The van der Waals surface area contributed by atoms with E-state index in [4.69, 9.17) is 5.73 Å². The minimum atomic E-state index is 0.698. The quantitative estimate of drug-likeness (QED) is 0.750. The van der Waals surface area contributed by atoms with E-state index in [1.165, 1.54) is 31.5 Å². The number of benzene rings is 1. The first-order valence-electron chi connectivity index (χ1n) is 7.08. The van der Waals surface area contributed by atoms with Crippen LogP contribution in [0.3, 0.4) is 0 Å². The molecule has 1 aliphatic rings. The van der Waals surface area contributed by atoms with Crippen LogP contribution in [0.4, 0.5) is 0 Å². The lowest BCUT2D eigenvalue weighted by Crippen LogP contribution is -2.42. The van der Waals surface area contributed by atoms with Gasteiger partial charge in [-0.2, -0.15) is 0 Å². The normalized spacial score (nSPS) is 18.1. The Morgan fingerprint density at radius 3 is 2.56 bits per heavy atom. The molecular formula is C15H25N3. The maximum absolute atomic E-state index is 5.50. The molecule has 1 aromatic carbocycles. The van der Waals surface area contributed by atoms with E-state index in [9.17, 15) is 0 Å². The summed E-state index contributed by atoms with van der Waals surface area (Å²) in [4.78, 5) is 2.55. The van der Waals surface area contributed by atoms with Gasteiger partial charge in [0, 0.05) is 12.6 Å². The molecule has 0 spiro atoms. The van der Waals surface area contributed by atoms with Crippen LogP contribution in [0.25, 0.3) is 0 Å². The third kappa shape index (κ3) is 4.41. The first kappa shape index (κ1) is 13.5. The van der Waals surface area contributed by atoms with Crippen LogP contribution < -0.4 is 11.1 Å². The van der Waals surface area contributed by atoms with E-state index in [-0.39, 0.29) is 0 Å². The van der Waals surface area contributed by atoms with Crippen LogP contribution in [-0.4, -0.2) is 37.1 Å². The molecule has 1 saturated heterocycles. The molecule has 2 rings (SSSR count). The Morgan fingerprint density at radius 2 is 1.89 bits per heavy atom. The maximum atomic E-state index is 5.50. The van der Waals surface area contributed by atoms with Crippen molar-refractivity contribution < 1.29 is 0 Å². The SMILES string of the molecule is NCCCNC1CCN(Cc2ccccc2)CC1. The Morgan fingerprint density at radius 1 is 1.17 bits per heavy atom. The molecule has 1 fully saturated rings. The first-order valence-corrected chi connectivity index (χ1v) is 7.08. The highest BCUT2D eigenvalue weighted by molar-refractivity contribution is 5.14. The predicted molar refractivity (Wildman–Crippen MR) is 76.4 cm³/mol. The third-order valence-corrected chi connectivity index (χ3v) is 3.65. The second-order valence-electron chi connectivity index (χ2n) is 5.13. The topological polar surface area (TPSA) is 41.3 Å². The average molecular weight is 247 g/mol. The van der Waals surface area contributed by atoms with Gasteiger partial charge < -0.3 is 11.1 Å². The van der Waals surface area contributed by atoms with Gasteiger partial charge in [-0.1, -0.05) is 30.3 Å². The Kier molecular flexibility index (Phi) is 5.65. The summed E-state index contributed by atoms with van der Waals surface area (Å²) >= 11 is 0. The van der Waals surface area contributed by atoms with Gasteiger partial charge in [0.1, 0.15) is 0 Å². The van der Waals surface area contributed by atoms with Crippen molar-refractivity contribution in [2.45, 2.75) is 31.8 Å². The van der Waals surface area contributed by atoms with Crippen LogP contribution >= 0.6 is 0 Å². The number of likely N-dealkylation sites (tertiary alicyclic amines) is 1. The summed E-state index contributed by atoms with van der Waals surface area (Å²) in [6.07, 6.45) is 3.61. The summed E-state index contributed by atoms with van der Waals surface area (Å²) in [6, 6.07) is 11.4.